The third-order valence-electron chi connectivity index (χ3n) is 3.59. The molecule has 0 fully saturated rings. The average molecular weight is 319 g/mol. The summed E-state index contributed by atoms with van der Waals surface area (Å²) in [6.45, 7) is 4.31. The maximum atomic E-state index is 12.2. The molecule has 2 aromatic heterocycles. The molecular weight excluding hydrogens is 298 g/mol. The van der Waals surface area contributed by atoms with Crippen molar-refractivity contribution in [3.05, 3.63) is 55.6 Å². The molecule has 0 aliphatic heterocycles. The molecule has 0 bridgehead atoms. The second kappa shape index (κ2) is 6.89. The number of aryl methyl sites for hydroxylation is 2. The van der Waals surface area contributed by atoms with Gasteiger partial charge in [-0.1, -0.05) is 0 Å². The third kappa shape index (κ3) is 3.64. The summed E-state index contributed by atoms with van der Waals surface area (Å²) in [5, 5.41) is 4.91. The van der Waals surface area contributed by atoms with Gasteiger partial charge in [-0.2, -0.15) is 0 Å². The maximum absolute atomic E-state index is 12.2. The summed E-state index contributed by atoms with van der Waals surface area (Å²) in [4.78, 5) is 30.3. The number of aromatic amines is 1. The molecule has 1 amide bonds. The van der Waals surface area contributed by atoms with Crippen LogP contribution in [-0.2, 0) is 0 Å². The van der Waals surface area contributed by atoms with Crippen molar-refractivity contribution in [1.82, 2.24) is 15.2 Å². The van der Waals surface area contributed by atoms with Gasteiger partial charge in [-0.3, -0.25) is 9.59 Å². The lowest BCUT2D eigenvalue weighted by atomic mass is 10.1. The smallest absolute Gasteiger partial charge is 0.256 e. The Morgan fingerprint density at radius 1 is 1.41 bits per heavy atom. The van der Waals surface area contributed by atoms with Gasteiger partial charge >= 0.3 is 0 Å². The van der Waals surface area contributed by atoms with E-state index in [2.05, 4.69) is 28.2 Å². The maximum Gasteiger partial charge on any atom is 0.256 e. The lowest BCUT2D eigenvalue weighted by Gasteiger charge is -2.24. The van der Waals surface area contributed by atoms with Crippen molar-refractivity contribution in [2.45, 2.75) is 19.9 Å². The van der Waals surface area contributed by atoms with Crippen molar-refractivity contribution in [1.29, 1.82) is 0 Å². The molecule has 2 rings (SSSR count). The molecule has 0 aromatic carbocycles. The van der Waals surface area contributed by atoms with Crippen molar-refractivity contribution >= 4 is 17.2 Å². The number of hydrogen-bond acceptors (Lipinski definition) is 4. The number of nitrogens with one attached hydrogen (secondary N) is 2. The molecule has 0 aliphatic carbocycles. The number of pyridine rings is 1. The highest BCUT2D eigenvalue weighted by Crippen LogP contribution is 2.26. The van der Waals surface area contributed by atoms with Crippen LogP contribution in [0.15, 0.2) is 28.5 Å². The summed E-state index contributed by atoms with van der Waals surface area (Å²) < 4.78 is 0. The zero-order valence-corrected chi connectivity index (χ0v) is 14.1. The highest BCUT2D eigenvalue weighted by molar-refractivity contribution is 7.10. The highest BCUT2D eigenvalue weighted by Gasteiger charge is 2.19. The van der Waals surface area contributed by atoms with E-state index in [1.807, 2.05) is 19.5 Å². The summed E-state index contributed by atoms with van der Waals surface area (Å²) in [7, 11) is 3.96. The van der Waals surface area contributed by atoms with Gasteiger partial charge in [-0.25, -0.2) is 0 Å². The van der Waals surface area contributed by atoms with E-state index in [1.54, 1.807) is 18.3 Å². The normalized spacial score (nSPS) is 12.4. The minimum atomic E-state index is -0.345. The van der Waals surface area contributed by atoms with Gasteiger partial charge in [0.25, 0.3) is 5.91 Å². The van der Waals surface area contributed by atoms with E-state index in [4.69, 9.17) is 0 Å². The van der Waals surface area contributed by atoms with Crippen LogP contribution >= 0.6 is 11.3 Å². The first kappa shape index (κ1) is 16.5. The summed E-state index contributed by atoms with van der Waals surface area (Å²) in [5.74, 6) is -0.345. The van der Waals surface area contributed by atoms with Crippen molar-refractivity contribution in [2.75, 3.05) is 20.6 Å². The van der Waals surface area contributed by atoms with Crippen LogP contribution in [0.4, 0.5) is 0 Å². The van der Waals surface area contributed by atoms with Crippen molar-refractivity contribution in [3.63, 3.8) is 0 Å². The molecule has 1 atom stereocenters. The molecule has 118 valence electrons. The average Bonchev–Trinajstić information content (AvgIpc) is 2.84. The van der Waals surface area contributed by atoms with Gasteiger partial charge in [0.1, 0.15) is 5.56 Å². The standard InChI is InChI=1S/C16H21N3O2S/c1-10-5-6-22-15(10)13(19(3)4)9-18-16(21)12-8-17-11(2)7-14(12)20/h5-8,13H,9H2,1-4H3,(H,17,20)(H,18,21)/t13-/m0/s1. The number of H-pyrrole nitrogens is 1. The first-order chi connectivity index (χ1) is 10.4. The lowest BCUT2D eigenvalue weighted by molar-refractivity contribution is 0.0940. The van der Waals surface area contributed by atoms with Crippen LogP contribution in [0.2, 0.25) is 0 Å². The molecule has 0 saturated carbocycles. The van der Waals surface area contributed by atoms with Gasteiger partial charge in [-0.05, 0) is 45.0 Å². The fourth-order valence-corrected chi connectivity index (χ4v) is 3.39. The van der Waals surface area contributed by atoms with E-state index in [0.29, 0.717) is 6.54 Å². The monoisotopic (exact) mass is 319 g/mol. The molecule has 5 nitrogen and oxygen atoms in total. The molecule has 2 N–H and O–H groups in total. The summed E-state index contributed by atoms with van der Waals surface area (Å²) >= 11 is 1.68. The van der Waals surface area contributed by atoms with Crippen LogP contribution in [0, 0.1) is 13.8 Å². The molecular formula is C16H21N3O2S. The number of carbonyl (C=O) groups is 1. The fraction of sp³-hybridized carbons (Fsp3) is 0.375. The van der Waals surface area contributed by atoms with Gasteiger partial charge in [-0.15, -0.1) is 11.3 Å². The predicted molar refractivity (Wildman–Crippen MR) is 89.6 cm³/mol. The number of hydrogen-bond donors (Lipinski definition) is 2. The molecule has 22 heavy (non-hydrogen) atoms. The van der Waals surface area contributed by atoms with E-state index in [0.717, 1.165) is 5.69 Å². The van der Waals surface area contributed by atoms with E-state index < -0.39 is 0 Å². The fourth-order valence-electron chi connectivity index (χ4n) is 2.27. The zero-order valence-electron chi connectivity index (χ0n) is 13.3. The van der Waals surface area contributed by atoms with E-state index in [-0.39, 0.29) is 22.9 Å². The molecule has 0 unspecified atom stereocenters. The number of aromatic nitrogens is 1. The highest BCUT2D eigenvalue weighted by atomic mass is 32.1. The molecule has 0 radical (unpaired) electrons. The first-order valence-electron chi connectivity index (χ1n) is 7.08. The third-order valence-corrected chi connectivity index (χ3v) is 4.71. The Balaban J connectivity index is 2.11. The Kier molecular flexibility index (Phi) is 5.15. The summed E-state index contributed by atoms with van der Waals surface area (Å²) in [6, 6.07) is 3.60. The topological polar surface area (TPSA) is 65.2 Å². The van der Waals surface area contributed by atoms with Gasteiger partial charge in [0.05, 0.1) is 6.04 Å². The molecule has 2 aromatic rings. The first-order valence-corrected chi connectivity index (χ1v) is 7.96. The van der Waals surface area contributed by atoms with Gasteiger partial charge in [0, 0.05) is 29.4 Å². The number of rotatable bonds is 5. The van der Waals surface area contributed by atoms with Crippen molar-refractivity contribution < 1.29 is 4.79 Å². The molecule has 6 heteroatoms. The Morgan fingerprint density at radius 2 is 2.14 bits per heavy atom. The SMILES string of the molecule is Cc1cc(=O)c(C(=O)NC[C@@H](c2sccc2C)N(C)C)c[nH]1. The Labute approximate surface area is 134 Å². The number of amides is 1. The van der Waals surface area contributed by atoms with E-state index >= 15 is 0 Å². The second-order valence-electron chi connectivity index (χ2n) is 5.55. The lowest BCUT2D eigenvalue weighted by Crippen LogP contribution is -2.36. The number of nitrogens with zero attached hydrogens (tertiary/aromatic N) is 1. The van der Waals surface area contributed by atoms with Gasteiger partial charge in [0.15, 0.2) is 5.43 Å². The Morgan fingerprint density at radius 3 is 2.68 bits per heavy atom. The van der Waals surface area contributed by atoms with E-state index in [1.165, 1.54) is 22.7 Å². The van der Waals surface area contributed by atoms with Crippen LogP contribution in [0.3, 0.4) is 0 Å². The van der Waals surface area contributed by atoms with Crippen molar-refractivity contribution in [2.24, 2.45) is 0 Å². The van der Waals surface area contributed by atoms with Crippen molar-refractivity contribution in [3.8, 4) is 0 Å². The van der Waals surface area contributed by atoms with E-state index in [9.17, 15) is 9.59 Å². The molecule has 0 spiro atoms. The molecule has 2 heterocycles. The minimum Gasteiger partial charge on any atom is -0.364 e. The second-order valence-corrected chi connectivity index (χ2v) is 6.50. The Hall–Kier alpha value is -1.92. The zero-order chi connectivity index (χ0) is 16.3. The summed E-state index contributed by atoms with van der Waals surface area (Å²) in [6.07, 6.45) is 1.47. The van der Waals surface area contributed by atoms with Crippen LogP contribution in [0.5, 0.6) is 0 Å². The van der Waals surface area contributed by atoms with Crippen LogP contribution in [-0.4, -0.2) is 36.4 Å². The largest absolute Gasteiger partial charge is 0.364 e. The van der Waals surface area contributed by atoms with Crippen LogP contribution < -0.4 is 10.7 Å². The van der Waals surface area contributed by atoms with Crippen LogP contribution in [0.25, 0.3) is 0 Å². The van der Waals surface area contributed by atoms with Gasteiger partial charge < -0.3 is 15.2 Å². The Bertz CT molecular complexity index is 718. The molecule has 0 aliphatic rings. The number of thiophene rings is 1. The summed E-state index contributed by atoms with van der Waals surface area (Å²) in [5.41, 5.74) is 1.83. The number of likely N-dealkylation sites (N-methyl/N-ethyl adjacent to an activating group) is 1. The minimum absolute atomic E-state index is 0.0912. The number of carbonyl (C=O) groups excluding carboxylic acids is 1. The predicted octanol–water partition coefficient (Wildman–Crippen LogP) is 2.09. The molecule has 0 saturated heterocycles. The van der Waals surface area contributed by atoms with Crippen LogP contribution in [0.1, 0.15) is 32.5 Å². The van der Waals surface area contributed by atoms with Gasteiger partial charge in [0.2, 0.25) is 0 Å². The quantitative estimate of drug-likeness (QED) is 0.887.